The van der Waals surface area contributed by atoms with E-state index < -0.39 is 4.92 Å². The minimum atomic E-state index is -0.415. The highest BCUT2D eigenvalue weighted by molar-refractivity contribution is 5.76. The first-order valence-corrected chi connectivity index (χ1v) is 8.75. The number of anilines is 1. The molecular formula is C18H27N3O3. The van der Waals surface area contributed by atoms with Gasteiger partial charge in [0.05, 0.1) is 4.92 Å². The van der Waals surface area contributed by atoms with Crippen molar-refractivity contribution in [1.82, 2.24) is 5.32 Å². The molecule has 2 rings (SSSR count). The van der Waals surface area contributed by atoms with Crippen LogP contribution in [-0.2, 0) is 4.79 Å². The van der Waals surface area contributed by atoms with Crippen LogP contribution in [0.25, 0.3) is 0 Å². The number of amides is 1. The molecule has 1 fully saturated rings. The molecule has 0 aromatic heterocycles. The predicted molar refractivity (Wildman–Crippen MR) is 94.9 cm³/mol. The summed E-state index contributed by atoms with van der Waals surface area (Å²) in [6, 6.07) is 6.62. The molecule has 1 aromatic carbocycles. The number of rotatable bonds is 7. The second-order valence-electron chi connectivity index (χ2n) is 6.78. The van der Waals surface area contributed by atoms with Crippen molar-refractivity contribution in [1.29, 1.82) is 0 Å². The fraction of sp³-hybridized carbons (Fsp3) is 0.611. The molecule has 1 saturated carbocycles. The lowest BCUT2D eigenvalue weighted by Gasteiger charge is -2.34. The average Bonchev–Trinajstić information content (AvgIpc) is 2.56. The summed E-state index contributed by atoms with van der Waals surface area (Å²) < 4.78 is 0. The summed E-state index contributed by atoms with van der Waals surface area (Å²) in [4.78, 5) is 22.3. The summed E-state index contributed by atoms with van der Waals surface area (Å²) in [5.74, 6) is 1.33. The van der Waals surface area contributed by atoms with E-state index in [2.05, 4.69) is 24.5 Å². The average molecular weight is 333 g/mol. The van der Waals surface area contributed by atoms with E-state index in [9.17, 15) is 14.9 Å². The highest BCUT2D eigenvalue weighted by Gasteiger charge is 2.27. The number of hydrogen-bond donors (Lipinski definition) is 2. The number of nitro benzene ring substituents is 1. The highest BCUT2D eigenvalue weighted by atomic mass is 16.6. The molecule has 132 valence electrons. The number of nitro groups is 1. The van der Waals surface area contributed by atoms with Crippen LogP contribution in [0.3, 0.4) is 0 Å². The lowest BCUT2D eigenvalue weighted by Crippen LogP contribution is -2.43. The van der Waals surface area contributed by atoms with Crippen LogP contribution in [0.2, 0.25) is 0 Å². The van der Waals surface area contributed by atoms with Crippen LogP contribution >= 0.6 is 0 Å². The Morgan fingerprint density at radius 1 is 1.25 bits per heavy atom. The molecular weight excluding hydrogens is 306 g/mol. The molecule has 3 atom stereocenters. The Balaban J connectivity index is 1.66. The van der Waals surface area contributed by atoms with E-state index in [1.807, 2.05) is 0 Å². The van der Waals surface area contributed by atoms with E-state index in [4.69, 9.17) is 0 Å². The SMILES string of the molecule is CC1CCCC(NC(=O)CCCNc2ccc([N+](=O)[O-])cc2)C1C. The zero-order valence-electron chi connectivity index (χ0n) is 14.5. The van der Waals surface area contributed by atoms with Crippen molar-refractivity contribution in [2.24, 2.45) is 11.8 Å². The zero-order valence-corrected chi connectivity index (χ0v) is 14.5. The highest BCUT2D eigenvalue weighted by Crippen LogP contribution is 2.29. The fourth-order valence-electron chi connectivity index (χ4n) is 3.25. The quantitative estimate of drug-likeness (QED) is 0.452. The lowest BCUT2D eigenvalue weighted by atomic mass is 9.78. The fourth-order valence-corrected chi connectivity index (χ4v) is 3.25. The van der Waals surface area contributed by atoms with Crippen LogP contribution in [0.15, 0.2) is 24.3 Å². The zero-order chi connectivity index (χ0) is 17.5. The van der Waals surface area contributed by atoms with Crippen LogP contribution in [0, 0.1) is 22.0 Å². The number of nitrogens with zero attached hydrogens (tertiary/aromatic N) is 1. The monoisotopic (exact) mass is 333 g/mol. The van der Waals surface area contributed by atoms with Crippen LogP contribution in [-0.4, -0.2) is 23.4 Å². The molecule has 0 bridgehead atoms. The van der Waals surface area contributed by atoms with Gasteiger partial charge >= 0.3 is 0 Å². The second kappa shape index (κ2) is 8.66. The van der Waals surface area contributed by atoms with E-state index in [-0.39, 0.29) is 11.6 Å². The smallest absolute Gasteiger partial charge is 0.269 e. The minimum absolute atomic E-state index is 0.0794. The van der Waals surface area contributed by atoms with Gasteiger partial charge in [0.15, 0.2) is 0 Å². The second-order valence-corrected chi connectivity index (χ2v) is 6.78. The molecule has 0 spiro atoms. The predicted octanol–water partition coefficient (Wildman–Crippen LogP) is 3.73. The van der Waals surface area contributed by atoms with Gasteiger partial charge in [0.1, 0.15) is 0 Å². The lowest BCUT2D eigenvalue weighted by molar-refractivity contribution is -0.384. The third-order valence-electron chi connectivity index (χ3n) is 5.04. The maximum Gasteiger partial charge on any atom is 0.269 e. The summed E-state index contributed by atoms with van der Waals surface area (Å²) >= 11 is 0. The molecule has 0 radical (unpaired) electrons. The Hall–Kier alpha value is -2.11. The Kier molecular flexibility index (Phi) is 6.58. The number of nitrogens with one attached hydrogen (secondary N) is 2. The van der Waals surface area contributed by atoms with E-state index in [0.29, 0.717) is 30.8 Å². The maximum atomic E-state index is 12.1. The van der Waals surface area contributed by atoms with Crippen molar-refractivity contribution >= 4 is 17.3 Å². The molecule has 1 aliphatic rings. The molecule has 1 aromatic rings. The molecule has 0 aliphatic heterocycles. The standard InChI is InChI=1S/C18H27N3O3/c1-13-5-3-6-17(14(13)2)20-18(22)7-4-12-19-15-8-10-16(11-9-15)21(23)24/h8-11,13-14,17,19H,3-7,12H2,1-2H3,(H,20,22). The van der Waals surface area contributed by atoms with Crippen molar-refractivity contribution in [2.45, 2.75) is 52.0 Å². The Morgan fingerprint density at radius 2 is 1.96 bits per heavy atom. The molecule has 6 nitrogen and oxygen atoms in total. The van der Waals surface area contributed by atoms with Crippen molar-refractivity contribution in [3.63, 3.8) is 0 Å². The van der Waals surface area contributed by atoms with Gasteiger partial charge in [-0.15, -0.1) is 0 Å². The van der Waals surface area contributed by atoms with Crippen LogP contribution in [0.4, 0.5) is 11.4 Å². The van der Waals surface area contributed by atoms with Crippen molar-refractivity contribution in [2.75, 3.05) is 11.9 Å². The molecule has 6 heteroatoms. The van der Waals surface area contributed by atoms with Crippen LogP contribution in [0.5, 0.6) is 0 Å². The number of non-ortho nitro benzene ring substituents is 1. The van der Waals surface area contributed by atoms with Crippen molar-refractivity contribution in [3.05, 3.63) is 34.4 Å². The Labute approximate surface area is 143 Å². The molecule has 1 aliphatic carbocycles. The van der Waals surface area contributed by atoms with E-state index in [0.717, 1.165) is 18.5 Å². The van der Waals surface area contributed by atoms with Crippen LogP contribution in [0.1, 0.15) is 46.0 Å². The van der Waals surface area contributed by atoms with Crippen LogP contribution < -0.4 is 10.6 Å². The van der Waals surface area contributed by atoms with Gasteiger partial charge < -0.3 is 10.6 Å². The van der Waals surface area contributed by atoms with Gasteiger partial charge in [0.2, 0.25) is 5.91 Å². The Morgan fingerprint density at radius 3 is 2.62 bits per heavy atom. The number of carbonyl (C=O) groups is 1. The molecule has 0 heterocycles. The molecule has 0 saturated heterocycles. The molecule has 2 N–H and O–H groups in total. The van der Waals surface area contributed by atoms with Gasteiger partial charge in [-0.1, -0.05) is 26.7 Å². The van der Waals surface area contributed by atoms with E-state index >= 15 is 0 Å². The topological polar surface area (TPSA) is 84.3 Å². The summed E-state index contributed by atoms with van der Waals surface area (Å²) in [6.45, 7) is 5.16. The summed E-state index contributed by atoms with van der Waals surface area (Å²) in [5, 5.41) is 17.0. The van der Waals surface area contributed by atoms with Gasteiger partial charge in [0, 0.05) is 36.8 Å². The maximum absolute atomic E-state index is 12.1. The molecule has 1 amide bonds. The Bertz CT molecular complexity index is 559. The van der Waals surface area contributed by atoms with E-state index in [1.54, 1.807) is 12.1 Å². The number of carbonyl (C=O) groups excluding carboxylic acids is 1. The molecule has 24 heavy (non-hydrogen) atoms. The summed E-state index contributed by atoms with van der Waals surface area (Å²) in [5.41, 5.74) is 0.909. The van der Waals surface area contributed by atoms with Gasteiger partial charge in [-0.3, -0.25) is 14.9 Å². The first-order valence-electron chi connectivity index (χ1n) is 8.75. The van der Waals surface area contributed by atoms with Gasteiger partial charge in [-0.2, -0.15) is 0 Å². The van der Waals surface area contributed by atoms with Gasteiger partial charge in [0.25, 0.3) is 5.69 Å². The van der Waals surface area contributed by atoms with E-state index in [1.165, 1.54) is 25.0 Å². The third kappa shape index (κ3) is 5.22. The number of benzene rings is 1. The first-order chi connectivity index (χ1) is 11.5. The van der Waals surface area contributed by atoms with Crippen molar-refractivity contribution < 1.29 is 9.72 Å². The molecule has 3 unspecified atom stereocenters. The van der Waals surface area contributed by atoms with Gasteiger partial charge in [-0.05, 0) is 36.8 Å². The number of hydrogen-bond acceptors (Lipinski definition) is 4. The third-order valence-corrected chi connectivity index (χ3v) is 5.04. The van der Waals surface area contributed by atoms with Crippen molar-refractivity contribution in [3.8, 4) is 0 Å². The first kappa shape index (κ1) is 18.2. The summed E-state index contributed by atoms with van der Waals surface area (Å²) in [7, 11) is 0. The largest absolute Gasteiger partial charge is 0.385 e. The minimum Gasteiger partial charge on any atom is -0.385 e. The normalized spacial score (nSPS) is 23.5. The van der Waals surface area contributed by atoms with Gasteiger partial charge in [-0.25, -0.2) is 0 Å². The summed E-state index contributed by atoms with van der Waals surface area (Å²) in [6.07, 6.45) is 4.76.